The summed E-state index contributed by atoms with van der Waals surface area (Å²) in [6, 6.07) is 6.04. The average Bonchev–Trinajstić information content (AvgIpc) is 2.87. The molecule has 0 amide bonds. The quantitative estimate of drug-likeness (QED) is 0.902. The summed E-state index contributed by atoms with van der Waals surface area (Å²) >= 11 is 1.81. The normalized spacial score (nSPS) is 17.8. The van der Waals surface area contributed by atoms with Gasteiger partial charge in [-0.2, -0.15) is 5.26 Å². The number of rotatable bonds is 3. The minimum absolute atomic E-state index is 0.479. The largest absolute Gasteiger partial charge is 0.370 e. The Morgan fingerprint density at radius 1 is 1.61 bits per heavy atom. The van der Waals surface area contributed by atoms with Gasteiger partial charge in [0.05, 0.1) is 6.07 Å². The molecule has 3 nitrogen and oxygen atoms in total. The maximum atomic E-state index is 7.32. The summed E-state index contributed by atoms with van der Waals surface area (Å²) in [4.78, 5) is 5.90. The van der Waals surface area contributed by atoms with E-state index < -0.39 is 0 Å². The lowest BCUT2D eigenvalue weighted by Crippen LogP contribution is -2.17. The standard InChI is InChI=1S/C12H16N2S.C2H3N/c1-3-13-12-9(2)7-10(8-14-12)11-5-4-6-15-11;1-2-3/h4-6,8,10,13H,3,7H2,1-2H3;1H3. The zero-order valence-corrected chi connectivity index (χ0v) is 11.9. The highest BCUT2D eigenvalue weighted by molar-refractivity contribution is 7.10. The smallest absolute Gasteiger partial charge is 0.124 e. The van der Waals surface area contributed by atoms with Crippen molar-refractivity contribution in [1.82, 2.24) is 5.32 Å². The molecule has 0 fully saturated rings. The van der Waals surface area contributed by atoms with Gasteiger partial charge in [-0.25, -0.2) is 4.99 Å². The molecule has 96 valence electrons. The number of hydrogen-bond acceptors (Lipinski definition) is 4. The number of thiophene rings is 1. The Kier molecular flexibility index (Phi) is 6.16. The average molecular weight is 261 g/mol. The molecular weight excluding hydrogens is 242 g/mol. The zero-order valence-electron chi connectivity index (χ0n) is 11.1. The summed E-state index contributed by atoms with van der Waals surface area (Å²) in [5.41, 5.74) is 1.36. The molecule has 0 radical (unpaired) electrons. The lowest BCUT2D eigenvalue weighted by atomic mass is 9.97. The van der Waals surface area contributed by atoms with Gasteiger partial charge in [-0.15, -0.1) is 11.3 Å². The lowest BCUT2D eigenvalue weighted by Gasteiger charge is -2.19. The van der Waals surface area contributed by atoms with E-state index in [9.17, 15) is 0 Å². The van der Waals surface area contributed by atoms with Gasteiger partial charge in [-0.1, -0.05) is 6.07 Å². The van der Waals surface area contributed by atoms with Crippen LogP contribution in [-0.4, -0.2) is 12.8 Å². The molecule has 4 heteroatoms. The van der Waals surface area contributed by atoms with Crippen molar-refractivity contribution >= 4 is 17.6 Å². The van der Waals surface area contributed by atoms with Crippen molar-refractivity contribution in [3.8, 4) is 6.07 Å². The molecule has 0 spiro atoms. The molecule has 0 saturated heterocycles. The van der Waals surface area contributed by atoms with Crippen LogP contribution in [0.5, 0.6) is 0 Å². The first-order chi connectivity index (χ1) is 8.72. The molecule has 1 aromatic heterocycles. The zero-order chi connectivity index (χ0) is 13.4. The van der Waals surface area contributed by atoms with Crippen LogP contribution in [0, 0.1) is 11.3 Å². The van der Waals surface area contributed by atoms with E-state index in [2.05, 4.69) is 47.9 Å². The van der Waals surface area contributed by atoms with Crippen LogP contribution in [0.15, 0.2) is 33.9 Å². The highest BCUT2D eigenvalue weighted by atomic mass is 32.1. The van der Waals surface area contributed by atoms with Crippen molar-refractivity contribution in [2.75, 3.05) is 6.54 Å². The van der Waals surface area contributed by atoms with Gasteiger partial charge in [-0.05, 0) is 37.3 Å². The molecule has 1 N–H and O–H groups in total. The monoisotopic (exact) mass is 261 g/mol. The Hall–Kier alpha value is -1.60. The highest BCUT2D eigenvalue weighted by Crippen LogP contribution is 2.29. The first-order valence-electron chi connectivity index (χ1n) is 6.05. The van der Waals surface area contributed by atoms with Gasteiger partial charge in [0.25, 0.3) is 0 Å². The van der Waals surface area contributed by atoms with Crippen LogP contribution in [0.3, 0.4) is 0 Å². The third-order valence-electron chi connectivity index (χ3n) is 2.57. The van der Waals surface area contributed by atoms with Gasteiger partial charge in [-0.3, -0.25) is 0 Å². The minimum Gasteiger partial charge on any atom is -0.370 e. The van der Waals surface area contributed by atoms with Gasteiger partial charge >= 0.3 is 0 Å². The third kappa shape index (κ3) is 4.01. The first kappa shape index (κ1) is 14.5. The van der Waals surface area contributed by atoms with Crippen molar-refractivity contribution < 1.29 is 0 Å². The molecule has 0 bridgehead atoms. The molecule has 1 unspecified atom stereocenters. The molecule has 0 aliphatic carbocycles. The molecule has 1 aliphatic rings. The predicted octanol–water partition coefficient (Wildman–Crippen LogP) is 3.68. The predicted molar refractivity (Wildman–Crippen MR) is 77.8 cm³/mol. The third-order valence-corrected chi connectivity index (χ3v) is 3.57. The maximum absolute atomic E-state index is 7.32. The summed E-state index contributed by atoms with van der Waals surface area (Å²) in [6.45, 7) is 6.63. The fraction of sp³-hybridized carbons (Fsp3) is 0.429. The van der Waals surface area contributed by atoms with Crippen LogP contribution in [0.2, 0.25) is 0 Å². The number of nitrogens with one attached hydrogen (secondary N) is 1. The van der Waals surface area contributed by atoms with Crippen LogP contribution in [0.1, 0.15) is 38.0 Å². The maximum Gasteiger partial charge on any atom is 0.124 e. The topological polar surface area (TPSA) is 48.2 Å². The molecule has 2 heterocycles. The van der Waals surface area contributed by atoms with Crippen LogP contribution >= 0.6 is 11.3 Å². The number of nitrogens with zero attached hydrogens (tertiary/aromatic N) is 2. The van der Waals surface area contributed by atoms with Crippen molar-refractivity contribution in [3.63, 3.8) is 0 Å². The SMILES string of the molecule is CC#N.CCNC1=C(C)CC(c2cccs2)C=N1. The molecule has 18 heavy (non-hydrogen) atoms. The Bertz CT molecular complexity index is 452. The van der Waals surface area contributed by atoms with E-state index in [1.165, 1.54) is 17.4 Å². The van der Waals surface area contributed by atoms with Crippen LogP contribution in [-0.2, 0) is 0 Å². The molecule has 0 saturated carbocycles. The first-order valence-corrected chi connectivity index (χ1v) is 6.92. The summed E-state index contributed by atoms with van der Waals surface area (Å²) in [6.07, 6.45) is 3.16. The van der Waals surface area contributed by atoms with Gasteiger partial charge in [0, 0.05) is 30.5 Å². The van der Waals surface area contributed by atoms with E-state index in [4.69, 9.17) is 5.26 Å². The number of hydrogen-bond donors (Lipinski definition) is 1. The summed E-state index contributed by atoms with van der Waals surface area (Å²) in [5.74, 6) is 1.54. The second kappa shape index (κ2) is 7.67. The molecule has 2 rings (SSSR count). The minimum atomic E-state index is 0.479. The number of allylic oxidation sites excluding steroid dienone is 1. The lowest BCUT2D eigenvalue weighted by molar-refractivity contribution is 0.765. The summed E-state index contributed by atoms with van der Waals surface area (Å²) in [7, 11) is 0. The van der Waals surface area contributed by atoms with Gasteiger partial charge < -0.3 is 5.32 Å². The van der Waals surface area contributed by atoms with E-state index in [0.717, 1.165) is 18.8 Å². The van der Waals surface area contributed by atoms with Crippen molar-refractivity contribution in [3.05, 3.63) is 33.8 Å². The van der Waals surface area contributed by atoms with E-state index in [1.807, 2.05) is 11.3 Å². The van der Waals surface area contributed by atoms with E-state index in [-0.39, 0.29) is 0 Å². The molecule has 1 aliphatic heterocycles. The number of nitriles is 1. The van der Waals surface area contributed by atoms with E-state index >= 15 is 0 Å². The Morgan fingerprint density at radius 3 is 2.83 bits per heavy atom. The van der Waals surface area contributed by atoms with Crippen molar-refractivity contribution in [1.29, 1.82) is 5.26 Å². The molecule has 1 aromatic rings. The van der Waals surface area contributed by atoms with Crippen molar-refractivity contribution in [2.45, 2.75) is 33.1 Å². The fourth-order valence-electron chi connectivity index (χ4n) is 1.79. The Labute approximate surface area is 113 Å². The second-order valence-corrected chi connectivity index (χ2v) is 4.97. The van der Waals surface area contributed by atoms with Gasteiger partial charge in [0.15, 0.2) is 0 Å². The van der Waals surface area contributed by atoms with Gasteiger partial charge in [0.1, 0.15) is 5.82 Å². The molecule has 0 aromatic carbocycles. The van der Waals surface area contributed by atoms with E-state index in [0.29, 0.717) is 5.92 Å². The summed E-state index contributed by atoms with van der Waals surface area (Å²) in [5, 5.41) is 12.7. The van der Waals surface area contributed by atoms with E-state index in [1.54, 1.807) is 6.07 Å². The van der Waals surface area contributed by atoms with Crippen LogP contribution in [0.4, 0.5) is 0 Å². The highest BCUT2D eigenvalue weighted by Gasteiger charge is 2.16. The second-order valence-electron chi connectivity index (χ2n) is 3.99. The molecular formula is C14H19N3S. The van der Waals surface area contributed by atoms with Crippen LogP contribution in [0.25, 0.3) is 0 Å². The van der Waals surface area contributed by atoms with Crippen molar-refractivity contribution in [2.24, 2.45) is 4.99 Å². The molecule has 1 atom stereocenters. The van der Waals surface area contributed by atoms with Gasteiger partial charge in [0.2, 0.25) is 0 Å². The summed E-state index contributed by atoms with van der Waals surface area (Å²) < 4.78 is 0. The van der Waals surface area contributed by atoms with Crippen LogP contribution < -0.4 is 5.32 Å². The fourth-order valence-corrected chi connectivity index (χ4v) is 2.58. The number of aliphatic imine (C=N–C) groups is 1. The Balaban J connectivity index is 0.000000492. The Morgan fingerprint density at radius 2 is 2.33 bits per heavy atom.